The highest BCUT2D eigenvalue weighted by molar-refractivity contribution is 5.82. The van der Waals surface area contributed by atoms with E-state index in [-0.39, 0.29) is 47.4 Å². The Morgan fingerprint density at radius 1 is 1.27 bits per heavy atom. The zero-order valence-electron chi connectivity index (χ0n) is 16.8. The number of carbonyl (C=O) groups is 1. The Labute approximate surface area is 170 Å². The molecule has 8 nitrogen and oxygen atoms in total. The van der Waals surface area contributed by atoms with Crippen molar-refractivity contribution in [2.75, 3.05) is 13.1 Å². The van der Waals surface area contributed by atoms with Gasteiger partial charge in [-0.15, -0.1) is 0 Å². The highest BCUT2D eigenvalue weighted by atomic mass is 19.4. The lowest BCUT2D eigenvalue weighted by molar-refractivity contribution is -0.136. The molecule has 1 aliphatic rings. The molecule has 4 rings (SSSR count). The predicted octanol–water partition coefficient (Wildman–Crippen LogP) is 3.16. The smallest absolute Gasteiger partial charge is 0.340 e. The van der Waals surface area contributed by atoms with Crippen molar-refractivity contribution in [1.29, 1.82) is 0 Å². The molecule has 0 unspecified atom stereocenters. The summed E-state index contributed by atoms with van der Waals surface area (Å²) in [5, 5.41) is 8.01. The average Bonchev–Trinajstić information content (AvgIpc) is 3.22. The van der Waals surface area contributed by atoms with E-state index in [9.17, 15) is 18.0 Å². The van der Waals surface area contributed by atoms with Gasteiger partial charge < -0.3 is 9.42 Å². The summed E-state index contributed by atoms with van der Waals surface area (Å²) in [6, 6.07) is 1.00. The lowest BCUT2D eigenvalue weighted by Crippen LogP contribution is -2.41. The first-order chi connectivity index (χ1) is 14.1. The fraction of sp³-hybridized carbons (Fsp3) is 0.526. The number of likely N-dealkylation sites (tertiary alicyclic amines) is 1. The van der Waals surface area contributed by atoms with Crippen LogP contribution in [0.1, 0.15) is 47.4 Å². The number of aromatic nitrogens is 5. The van der Waals surface area contributed by atoms with Crippen molar-refractivity contribution in [2.24, 2.45) is 0 Å². The van der Waals surface area contributed by atoms with Crippen molar-refractivity contribution >= 4 is 17.0 Å². The lowest BCUT2D eigenvalue weighted by Gasteiger charge is -2.32. The van der Waals surface area contributed by atoms with E-state index in [1.807, 2.05) is 0 Å². The molecule has 0 aromatic carbocycles. The van der Waals surface area contributed by atoms with E-state index >= 15 is 0 Å². The second-order valence-electron chi connectivity index (χ2n) is 7.60. The molecule has 160 valence electrons. The Balaban J connectivity index is 1.61. The van der Waals surface area contributed by atoms with E-state index in [0.717, 1.165) is 6.07 Å². The van der Waals surface area contributed by atoms with E-state index < -0.39 is 11.7 Å². The quantitative estimate of drug-likeness (QED) is 0.644. The van der Waals surface area contributed by atoms with Crippen LogP contribution in [0.2, 0.25) is 0 Å². The Morgan fingerprint density at radius 2 is 2.03 bits per heavy atom. The molecule has 0 bridgehead atoms. The molecule has 4 heterocycles. The normalized spacial score (nSPS) is 17.7. The summed E-state index contributed by atoms with van der Waals surface area (Å²) in [7, 11) is 0. The third kappa shape index (κ3) is 3.75. The molecular weight excluding hydrogens is 401 g/mol. The molecule has 11 heteroatoms. The van der Waals surface area contributed by atoms with E-state index in [4.69, 9.17) is 4.52 Å². The van der Waals surface area contributed by atoms with Crippen LogP contribution in [-0.2, 0) is 17.5 Å². The van der Waals surface area contributed by atoms with E-state index in [1.165, 1.54) is 11.6 Å². The number of hydrogen-bond acceptors (Lipinski definition) is 6. The van der Waals surface area contributed by atoms with Gasteiger partial charge in [0.05, 0.1) is 16.6 Å². The summed E-state index contributed by atoms with van der Waals surface area (Å²) in [6.45, 7) is 5.81. The molecule has 1 fully saturated rings. The molecule has 1 atom stereocenters. The number of rotatable bonds is 3. The summed E-state index contributed by atoms with van der Waals surface area (Å²) in [6.07, 6.45) is -3.29. The summed E-state index contributed by atoms with van der Waals surface area (Å²) in [5.74, 6) is 0.681. The lowest BCUT2D eigenvalue weighted by atomic mass is 9.91. The van der Waals surface area contributed by atoms with Crippen molar-refractivity contribution < 1.29 is 22.5 Å². The number of pyridine rings is 1. The molecule has 0 N–H and O–H groups in total. The van der Waals surface area contributed by atoms with Gasteiger partial charge in [0.1, 0.15) is 18.2 Å². The van der Waals surface area contributed by atoms with Crippen LogP contribution in [0, 0.1) is 20.8 Å². The fourth-order valence-corrected chi connectivity index (χ4v) is 3.96. The van der Waals surface area contributed by atoms with E-state index in [1.54, 1.807) is 18.7 Å². The van der Waals surface area contributed by atoms with Crippen molar-refractivity contribution in [2.45, 2.75) is 52.3 Å². The molecule has 0 aliphatic carbocycles. The summed E-state index contributed by atoms with van der Waals surface area (Å²) in [5.41, 5.74) is -0.528. The minimum absolute atomic E-state index is 0.0352. The standard InChI is InChI=1S/C19H21F3N6O2/c1-10-7-14(19(20,21)22)16-17(26-30-18(16)23-10)13-5-4-6-27(8-13)15(29)9-28-12(3)24-11(2)25-28/h7,13H,4-6,8-9H2,1-3H3/t13-/m0/s1. The van der Waals surface area contributed by atoms with Crippen LogP contribution >= 0.6 is 0 Å². The number of fused-ring (bicyclic) bond motifs is 1. The SMILES string of the molecule is Cc1cc(C(F)(F)F)c2c([C@H]3CCCN(C(=O)Cn4nc(C)nc4C)C3)noc2n1. The topological polar surface area (TPSA) is 89.9 Å². The van der Waals surface area contributed by atoms with Gasteiger partial charge in [-0.2, -0.15) is 18.3 Å². The fourth-order valence-electron chi connectivity index (χ4n) is 3.96. The minimum Gasteiger partial charge on any atom is -0.340 e. The minimum atomic E-state index is -4.56. The molecule has 0 saturated carbocycles. The Morgan fingerprint density at radius 3 is 2.70 bits per heavy atom. The molecular formula is C19H21F3N6O2. The van der Waals surface area contributed by atoms with Gasteiger partial charge in [-0.25, -0.2) is 14.6 Å². The summed E-state index contributed by atoms with van der Waals surface area (Å²) in [4.78, 5) is 22.7. The van der Waals surface area contributed by atoms with Crippen LogP contribution in [-0.4, -0.2) is 48.8 Å². The summed E-state index contributed by atoms with van der Waals surface area (Å²) >= 11 is 0. The number of alkyl halides is 3. The number of nitrogens with zero attached hydrogens (tertiary/aromatic N) is 6. The maximum absolute atomic E-state index is 13.6. The van der Waals surface area contributed by atoms with Gasteiger partial charge in [-0.05, 0) is 39.7 Å². The number of aryl methyl sites for hydroxylation is 3. The van der Waals surface area contributed by atoms with Gasteiger partial charge in [0.15, 0.2) is 0 Å². The van der Waals surface area contributed by atoms with Crippen molar-refractivity contribution in [3.05, 3.63) is 34.7 Å². The average molecular weight is 422 g/mol. The Kier molecular flexibility index (Phi) is 4.99. The third-order valence-corrected chi connectivity index (χ3v) is 5.31. The van der Waals surface area contributed by atoms with Crippen molar-refractivity contribution in [3.63, 3.8) is 0 Å². The van der Waals surface area contributed by atoms with Crippen LogP contribution in [0.5, 0.6) is 0 Å². The largest absolute Gasteiger partial charge is 0.417 e. The first-order valence-electron chi connectivity index (χ1n) is 9.63. The van der Waals surface area contributed by atoms with Gasteiger partial charge in [-0.1, -0.05) is 5.16 Å². The number of amides is 1. The van der Waals surface area contributed by atoms with Crippen LogP contribution < -0.4 is 0 Å². The van der Waals surface area contributed by atoms with E-state index in [2.05, 4.69) is 20.2 Å². The Hall–Kier alpha value is -2.98. The van der Waals surface area contributed by atoms with Gasteiger partial charge in [0.2, 0.25) is 5.91 Å². The molecule has 1 aliphatic heterocycles. The monoisotopic (exact) mass is 422 g/mol. The number of piperidine rings is 1. The summed E-state index contributed by atoms with van der Waals surface area (Å²) < 4.78 is 47.6. The van der Waals surface area contributed by atoms with Gasteiger partial charge in [0, 0.05) is 24.7 Å². The molecule has 30 heavy (non-hydrogen) atoms. The number of halogens is 3. The highest BCUT2D eigenvalue weighted by Crippen LogP contribution is 2.40. The van der Waals surface area contributed by atoms with Crippen LogP contribution in [0.25, 0.3) is 11.1 Å². The maximum Gasteiger partial charge on any atom is 0.417 e. The first kappa shape index (κ1) is 20.3. The van der Waals surface area contributed by atoms with Gasteiger partial charge >= 0.3 is 6.18 Å². The van der Waals surface area contributed by atoms with Crippen molar-refractivity contribution in [1.82, 2.24) is 29.8 Å². The van der Waals surface area contributed by atoms with Gasteiger partial charge in [-0.3, -0.25) is 4.79 Å². The molecule has 1 amide bonds. The third-order valence-electron chi connectivity index (χ3n) is 5.31. The van der Waals surface area contributed by atoms with Crippen LogP contribution in [0.3, 0.4) is 0 Å². The maximum atomic E-state index is 13.6. The van der Waals surface area contributed by atoms with Gasteiger partial charge in [0.25, 0.3) is 5.71 Å². The second kappa shape index (κ2) is 7.37. The molecule has 3 aromatic heterocycles. The predicted molar refractivity (Wildman–Crippen MR) is 99.6 cm³/mol. The first-order valence-corrected chi connectivity index (χ1v) is 9.63. The van der Waals surface area contributed by atoms with Crippen molar-refractivity contribution in [3.8, 4) is 0 Å². The molecule has 0 spiro atoms. The molecule has 0 radical (unpaired) electrons. The van der Waals surface area contributed by atoms with Crippen LogP contribution in [0.4, 0.5) is 13.2 Å². The second-order valence-corrected chi connectivity index (χ2v) is 7.60. The zero-order chi connectivity index (χ0) is 21.6. The number of carbonyl (C=O) groups excluding carboxylic acids is 1. The Bertz CT molecular complexity index is 1100. The molecule has 3 aromatic rings. The zero-order valence-corrected chi connectivity index (χ0v) is 16.8. The van der Waals surface area contributed by atoms with Crippen LogP contribution in [0.15, 0.2) is 10.6 Å². The molecule has 1 saturated heterocycles. The highest BCUT2D eigenvalue weighted by Gasteiger charge is 2.38. The van der Waals surface area contributed by atoms with E-state index in [0.29, 0.717) is 31.0 Å². The number of hydrogen-bond donors (Lipinski definition) is 0.